The first-order valence-corrected chi connectivity index (χ1v) is 5.97. The standard InChI is InChI=1S/C12H5F6OS/c13-11(14,15)8-2-1-3-9(12(16,17)18)10(8)19-7-4-5-20-6-7/h1-4,6H. The molecule has 0 saturated carbocycles. The van der Waals surface area contributed by atoms with Gasteiger partial charge in [-0.05, 0) is 12.1 Å². The van der Waals surface area contributed by atoms with Crippen molar-refractivity contribution in [1.29, 1.82) is 0 Å². The highest BCUT2D eigenvalue weighted by Gasteiger charge is 2.42. The van der Waals surface area contributed by atoms with E-state index in [1.165, 1.54) is 5.38 Å². The fourth-order valence-electron chi connectivity index (χ4n) is 1.48. The number of rotatable bonds is 2. The Balaban J connectivity index is 2.59. The van der Waals surface area contributed by atoms with Crippen molar-refractivity contribution in [2.24, 2.45) is 0 Å². The van der Waals surface area contributed by atoms with E-state index < -0.39 is 29.2 Å². The molecule has 0 spiro atoms. The maximum absolute atomic E-state index is 12.8. The van der Waals surface area contributed by atoms with Crippen molar-refractivity contribution in [3.05, 3.63) is 46.2 Å². The van der Waals surface area contributed by atoms with Crippen LogP contribution in [0.4, 0.5) is 26.3 Å². The third-order valence-electron chi connectivity index (χ3n) is 2.29. The monoisotopic (exact) mass is 311 g/mol. The van der Waals surface area contributed by atoms with Crippen LogP contribution in [0.15, 0.2) is 29.6 Å². The van der Waals surface area contributed by atoms with E-state index in [4.69, 9.17) is 4.74 Å². The quantitative estimate of drug-likeness (QED) is 0.677. The first kappa shape index (κ1) is 14.7. The maximum Gasteiger partial charge on any atom is 0.420 e. The number of thiophene rings is 1. The summed E-state index contributed by atoms with van der Waals surface area (Å²) in [6.07, 6.45) is -9.90. The minimum Gasteiger partial charge on any atom is -0.455 e. The number of ether oxygens (including phenoxy) is 1. The second-order valence-electron chi connectivity index (χ2n) is 3.68. The normalized spacial score (nSPS) is 12.5. The summed E-state index contributed by atoms with van der Waals surface area (Å²) in [4.78, 5) is 0. The van der Waals surface area contributed by atoms with Crippen molar-refractivity contribution in [1.82, 2.24) is 0 Å². The highest BCUT2D eigenvalue weighted by Crippen LogP contribution is 2.45. The Labute approximate surface area is 113 Å². The van der Waals surface area contributed by atoms with Crippen LogP contribution in [0, 0.1) is 5.38 Å². The highest BCUT2D eigenvalue weighted by atomic mass is 32.1. The number of benzene rings is 1. The molecule has 20 heavy (non-hydrogen) atoms. The Bertz CT molecular complexity index is 553. The first-order valence-electron chi connectivity index (χ1n) is 5.09. The van der Waals surface area contributed by atoms with Gasteiger partial charge in [-0.1, -0.05) is 6.07 Å². The molecule has 107 valence electrons. The van der Waals surface area contributed by atoms with Gasteiger partial charge in [0.2, 0.25) is 0 Å². The van der Waals surface area contributed by atoms with Crippen molar-refractivity contribution in [2.75, 3.05) is 0 Å². The molecule has 0 bridgehead atoms. The second-order valence-corrected chi connectivity index (χ2v) is 4.39. The van der Waals surface area contributed by atoms with Crippen LogP contribution in [0.2, 0.25) is 0 Å². The summed E-state index contributed by atoms with van der Waals surface area (Å²) in [5, 5.41) is 3.78. The molecule has 1 nitrogen and oxygen atoms in total. The topological polar surface area (TPSA) is 9.23 Å². The van der Waals surface area contributed by atoms with Gasteiger partial charge in [0.15, 0.2) is 5.75 Å². The van der Waals surface area contributed by atoms with Crippen molar-refractivity contribution in [3.63, 3.8) is 0 Å². The third-order valence-corrected chi connectivity index (χ3v) is 2.89. The number of para-hydroxylation sites is 1. The lowest BCUT2D eigenvalue weighted by Gasteiger charge is -2.18. The van der Waals surface area contributed by atoms with Crippen LogP contribution in [0.1, 0.15) is 11.1 Å². The molecule has 2 rings (SSSR count). The van der Waals surface area contributed by atoms with Crippen LogP contribution in [0.5, 0.6) is 11.5 Å². The molecule has 1 radical (unpaired) electrons. The Hall–Kier alpha value is -1.70. The van der Waals surface area contributed by atoms with Crippen molar-refractivity contribution in [2.45, 2.75) is 12.4 Å². The number of halogens is 6. The van der Waals surface area contributed by atoms with Crippen LogP contribution in [-0.4, -0.2) is 0 Å². The predicted octanol–water partition coefficient (Wildman–Crippen LogP) is 5.38. The van der Waals surface area contributed by atoms with Crippen LogP contribution in [0.25, 0.3) is 0 Å². The smallest absolute Gasteiger partial charge is 0.420 e. The minimum absolute atomic E-state index is 0.128. The lowest BCUT2D eigenvalue weighted by Crippen LogP contribution is -2.13. The molecule has 0 N–H and O–H groups in total. The molecular formula is C12H5F6OS. The Morgan fingerprint density at radius 2 is 1.50 bits per heavy atom. The molecule has 1 aromatic heterocycles. The summed E-state index contributed by atoms with van der Waals surface area (Å²) >= 11 is 0.973. The zero-order chi connectivity index (χ0) is 15.0. The van der Waals surface area contributed by atoms with Crippen molar-refractivity contribution < 1.29 is 31.1 Å². The van der Waals surface area contributed by atoms with E-state index in [0.717, 1.165) is 17.4 Å². The van der Waals surface area contributed by atoms with Crippen LogP contribution in [0.3, 0.4) is 0 Å². The van der Waals surface area contributed by atoms with Gasteiger partial charge in [-0.3, -0.25) is 0 Å². The van der Waals surface area contributed by atoms with Gasteiger partial charge < -0.3 is 4.74 Å². The number of hydrogen-bond acceptors (Lipinski definition) is 2. The summed E-state index contributed by atoms with van der Waals surface area (Å²) in [5.41, 5.74) is -2.95. The molecule has 1 aromatic carbocycles. The largest absolute Gasteiger partial charge is 0.455 e. The summed E-state index contributed by atoms with van der Waals surface area (Å²) in [6, 6.07) is 2.94. The lowest BCUT2D eigenvalue weighted by atomic mass is 10.1. The molecule has 0 atom stereocenters. The van der Waals surface area contributed by atoms with Gasteiger partial charge in [-0.25, -0.2) is 0 Å². The molecule has 2 aromatic rings. The van der Waals surface area contributed by atoms with E-state index in [-0.39, 0.29) is 5.75 Å². The highest BCUT2D eigenvalue weighted by molar-refractivity contribution is 7.07. The van der Waals surface area contributed by atoms with Gasteiger partial charge in [-0.2, -0.15) is 26.3 Å². The van der Waals surface area contributed by atoms with Crippen LogP contribution in [-0.2, 0) is 12.4 Å². The maximum atomic E-state index is 12.8. The molecule has 0 fully saturated rings. The van der Waals surface area contributed by atoms with E-state index in [0.29, 0.717) is 18.2 Å². The average Bonchev–Trinajstić information content (AvgIpc) is 2.79. The van der Waals surface area contributed by atoms with E-state index in [9.17, 15) is 26.3 Å². The van der Waals surface area contributed by atoms with Gasteiger partial charge in [0.25, 0.3) is 0 Å². The third kappa shape index (κ3) is 3.06. The molecule has 0 aliphatic rings. The van der Waals surface area contributed by atoms with Gasteiger partial charge in [0.1, 0.15) is 5.75 Å². The molecular weight excluding hydrogens is 306 g/mol. The second kappa shape index (κ2) is 5.01. The zero-order valence-corrected chi connectivity index (χ0v) is 10.3. The van der Waals surface area contributed by atoms with Gasteiger partial charge in [-0.15, -0.1) is 11.3 Å². The molecule has 0 unspecified atom stereocenters. The molecule has 0 aliphatic carbocycles. The van der Waals surface area contributed by atoms with Gasteiger partial charge in [0, 0.05) is 16.8 Å². The Kier molecular flexibility index (Phi) is 3.68. The fourth-order valence-corrected chi connectivity index (χ4v) is 1.97. The Morgan fingerprint density at radius 3 is 1.90 bits per heavy atom. The number of alkyl halides is 6. The molecule has 8 heteroatoms. The summed E-state index contributed by atoms with van der Waals surface area (Å²) < 4.78 is 81.5. The van der Waals surface area contributed by atoms with Crippen LogP contribution < -0.4 is 4.74 Å². The van der Waals surface area contributed by atoms with Crippen LogP contribution >= 0.6 is 11.3 Å². The van der Waals surface area contributed by atoms with Crippen molar-refractivity contribution in [3.8, 4) is 11.5 Å². The average molecular weight is 311 g/mol. The predicted molar refractivity (Wildman–Crippen MR) is 59.7 cm³/mol. The van der Waals surface area contributed by atoms with Gasteiger partial charge >= 0.3 is 12.4 Å². The summed E-state index contributed by atoms with van der Waals surface area (Å²) in [6.45, 7) is 0. The first-order chi connectivity index (χ1) is 9.19. The van der Waals surface area contributed by atoms with Gasteiger partial charge in [0.05, 0.1) is 11.1 Å². The minimum atomic E-state index is -4.95. The lowest BCUT2D eigenvalue weighted by molar-refractivity contribution is -0.144. The Morgan fingerprint density at radius 1 is 0.950 bits per heavy atom. The molecule has 0 aliphatic heterocycles. The summed E-state index contributed by atoms with van der Waals surface area (Å²) in [7, 11) is 0. The summed E-state index contributed by atoms with van der Waals surface area (Å²) in [5.74, 6) is -1.38. The molecule has 0 amide bonds. The molecule has 1 heterocycles. The van der Waals surface area contributed by atoms with E-state index >= 15 is 0 Å². The molecule has 0 saturated heterocycles. The van der Waals surface area contributed by atoms with Crippen molar-refractivity contribution >= 4 is 11.3 Å². The fraction of sp³-hybridized carbons (Fsp3) is 0.167. The number of hydrogen-bond donors (Lipinski definition) is 0. The van der Waals surface area contributed by atoms with E-state index in [2.05, 4.69) is 5.38 Å². The van der Waals surface area contributed by atoms with E-state index in [1.807, 2.05) is 0 Å². The van der Waals surface area contributed by atoms with E-state index in [1.54, 1.807) is 0 Å². The SMILES string of the molecule is FC(F)(F)c1cccc(C(F)(F)F)c1Oc1c[c]sc1. The zero-order valence-electron chi connectivity index (χ0n) is 9.47.